The lowest BCUT2D eigenvalue weighted by Crippen LogP contribution is -2.35. The summed E-state index contributed by atoms with van der Waals surface area (Å²) in [6.07, 6.45) is 3.82. The van der Waals surface area contributed by atoms with E-state index < -0.39 is 6.17 Å². The van der Waals surface area contributed by atoms with E-state index in [1.54, 1.807) is 6.33 Å². The van der Waals surface area contributed by atoms with Crippen LogP contribution in [0.2, 0.25) is 0 Å². The summed E-state index contributed by atoms with van der Waals surface area (Å²) in [6, 6.07) is 5.64. The molecule has 1 N–H and O–H groups in total. The van der Waals surface area contributed by atoms with Crippen LogP contribution < -0.4 is 10.1 Å². The zero-order chi connectivity index (χ0) is 21.1. The Balaban J connectivity index is 1.56. The highest BCUT2D eigenvalue weighted by molar-refractivity contribution is 5.94. The fourth-order valence-electron chi connectivity index (χ4n) is 4.21. The van der Waals surface area contributed by atoms with E-state index in [0.29, 0.717) is 25.1 Å². The lowest BCUT2D eigenvalue weighted by molar-refractivity contribution is -0.124. The molecule has 1 aliphatic heterocycles. The molecular weight excluding hydrogens is 383 g/mol. The molecule has 0 radical (unpaired) electrons. The molecule has 2 aromatic rings. The van der Waals surface area contributed by atoms with Gasteiger partial charge in [0.25, 0.3) is 0 Å². The number of rotatable bonds is 7. The van der Waals surface area contributed by atoms with Crippen molar-refractivity contribution >= 4 is 11.6 Å². The molecule has 0 spiro atoms. The van der Waals surface area contributed by atoms with Gasteiger partial charge in [-0.05, 0) is 70.8 Å². The number of amides is 1. The van der Waals surface area contributed by atoms with E-state index in [9.17, 15) is 9.18 Å². The van der Waals surface area contributed by atoms with Crippen LogP contribution in [0.4, 0.5) is 10.1 Å². The van der Waals surface area contributed by atoms with E-state index >= 15 is 0 Å². The topological polar surface area (TPSA) is 67.3 Å². The fraction of sp³-hybridized carbons (Fsp3) is 0.522. The van der Waals surface area contributed by atoms with Gasteiger partial charge in [0.2, 0.25) is 5.91 Å². The number of aryl methyl sites for hydroxylation is 2. The van der Waals surface area contributed by atoms with Crippen LogP contribution in [0.3, 0.4) is 0 Å². The fourth-order valence-corrected chi connectivity index (χ4v) is 4.21. The van der Waals surface area contributed by atoms with Crippen molar-refractivity contribution < 1.29 is 13.9 Å². The molecule has 2 aliphatic rings. The van der Waals surface area contributed by atoms with E-state index in [4.69, 9.17) is 4.74 Å². The minimum Gasteiger partial charge on any atom is -0.492 e. The van der Waals surface area contributed by atoms with Crippen molar-refractivity contribution in [2.75, 3.05) is 31.6 Å². The maximum Gasteiger partial charge on any atom is 0.227 e. The predicted octanol–water partition coefficient (Wildman–Crippen LogP) is 3.92. The van der Waals surface area contributed by atoms with E-state index in [2.05, 4.69) is 20.2 Å². The first kappa shape index (κ1) is 20.7. The lowest BCUT2D eigenvalue weighted by Gasteiger charge is -2.28. The number of likely N-dealkylation sites (tertiary alicyclic amines) is 1. The van der Waals surface area contributed by atoms with Crippen molar-refractivity contribution in [1.82, 2.24) is 14.9 Å². The third kappa shape index (κ3) is 4.61. The molecule has 0 atom stereocenters. The Labute approximate surface area is 176 Å². The van der Waals surface area contributed by atoms with Crippen LogP contribution in [0.5, 0.6) is 5.75 Å². The molecule has 1 aliphatic carbocycles. The van der Waals surface area contributed by atoms with Crippen molar-refractivity contribution in [3.63, 3.8) is 0 Å². The molecule has 0 unspecified atom stereocenters. The average molecular weight is 413 g/mol. The number of halogens is 1. The Hall–Kier alpha value is -2.54. The Morgan fingerprint density at radius 3 is 2.57 bits per heavy atom. The van der Waals surface area contributed by atoms with E-state index in [-0.39, 0.29) is 11.8 Å². The van der Waals surface area contributed by atoms with Crippen LogP contribution >= 0.6 is 0 Å². The molecule has 1 saturated carbocycles. The van der Waals surface area contributed by atoms with Gasteiger partial charge in [-0.1, -0.05) is 0 Å². The maximum absolute atomic E-state index is 13.1. The van der Waals surface area contributed by atoms with Gasteiger partial charge in [0.1, 0.15) is 24.9 Å². The molecule has 2 heterocycles. The van der Waals surface area contributed by atoms with Gasteiger partial charge in [-0.15, -0.1) is 0 Å². The van der Waals surface area contributed by atoms with Gasteiger partial charge in [0.15, 0.2) is 0 Å². The third-order valence-corrected chi connectivity index (χ3v) is 6.06. The SMILES string of the molecule is Cc1ncnc(C)c1-c1cc(NC(=O)C2CC(F)C2)ccc1OCCN1CCCC1. The normalized spacial score (nSPS) is 21.3. The minimum absolute atomic E-state index is 0.129. The monoisotopic (exact) mass is 412 g/mol. The Morgan fingerprint density at radius 1 is 1.20 bits per heavy atom. The molecule has 1 aromatic heterocycles. The van der Waals surface area contributed by atoms with E-state index in [1.165, 1.54) is 12.8 Å². The molecule has 1 saturated heterocycles. The van der Waals surface area contributed by atoms with Crippen LogP contribution in [0, 0.1) is 19.8 Å². The number of ether oxygens (including phenoxy) is 1. The number of hydrogen-bond acceptors (Lipinski definition) is 5. The van der Waals surface area contributed by atoms with Crippen molar-refractivity contribution in [2.24, 2.45) is 5.92 Å². The summed E-state index contributed by atoms with van der Waals surface area (Å²) in [5.74, 6) is 0.374. The number of nitrogens with one attached hydrogen (secondary N) is 1. The van der Waals surface area contributed by atoms with Crippen LogP contribution in [-0.4, -0.2) is 53.2 Å². The van der Waals surface area contributed by atoms with Crippen molar-refractivity contribution in [3.05, 3.63) is 35.9 Å². The zero-order valence-corrected chi connectivity index (χ0v) is 17.7. The number of hydrogen-bond donors (Lipinski definition) is 1. The molecule has 1 amide bonds. The zero-order valence-electron chi connectivity index (χ0n) is 17.7. The van der Waals surface area contributed by atoms with Crippen LogP contribution in [0.15, 0.2) is 24.5 Å². The van der Waals surface area contributed by atoms with Crippen LogP contribution in [0.1, 0.15) is 37.1 Å². The van der Waals surface area contributed by atoms with Crippen molar-refractivity contribution in [3.8, 4) is 16.9 Å². The number of carbonyl (C=O) groups excluding carboxylic acids is 1. The third-order valence-electron chi connectivity index (χ3n) is 6.06. The van der Waals surface area contributed by atoms with E-state index in [1.807, 2.05) is 32.0 Å². The Bertz CT molecular complexity index is 888. The first-order valence-electron chi connectivity index (χ1n) is 10.7. The summed E-state index contributed by atoms with van der Waals surface area (Å²) in [4.78, 5) is 23.5. The Kier molecular flexibility index (Phi) is 6.27. The quantitative estimate of drug-likeness (QED) is 0.747. The van der Waals surface area contributed by atoms with Gasteiger partial charge in [0.05, 0.1) is 0 Å². The lowest BCUT2D eigenvalue weighted by atomic mass is 9.83. The largest absolute Gasteiger partial charge is 0.492 e. The second-order valence-corrected chi connectivity index (χ2v) is 8.28. The maximum atomic E-state index is 13.1. The van der Waals surface area contributed by atoms with E-state index in [0.717, 1.165) is 47.9 Å². The number of nitrogens with zero attached hydrogens (tertiary/aromatic N) is 3. The standard InChI is InChI=1S/C23H29FN4O2/c1-15-22(16(2)26-14-25-15)20-13-19(27-23(29)17-11-18(24)12-17)5-6-21(20)30-10-9-28-7-3-4-8-28/h5-6,13-14,17-18H,3-4,7-12H2,1-2H3,(H,27,29). The molecule has 0 bridgehead atoms. The first-order chi connectivity index (χ1) is 14.5. The second-order valence-electron chi connectivity index (χ2n) is 8.28. The number of carbonyl (C=O) groups is 1. The van der Waals surface area contributed by atoms with Gasteiger partial charge in [0, 0.05) is 40.7 Å². The molecular formula is C23H29FN4O2. The summed E-state index contributed by atoms with van der Waals surface area (Å²) in [5.41, 5.74) is 4.16. The number of alkyl halides is 1. The van der Waals surface area contributed by atoms with Crippen LogP contribution in [-0.2, 0) is 4.79 Å². The second kappa shape index (κ2) is 9.08. The highest BCUT2D eigenvalue weighted by atomic mass is 19.1. The first-order valence-corrected chi connectivity index (χ1v) is 10.7. The van der Waals surface area contributed by atoms with Gasteiger partial charge in [-0.2, -0.15) is 0 Å². The predicted molar refractivity (Wildman–Crippen MR) is 114 cm³/mol. The Morgan fingerprint density at radius 2 is 1.90 bits per heavy atom. The molecule has 1 aromatic carbocycles. The summed E-state index contributed by atoms with van der Waals surface area (Å²) in [6.45, 7) is 7.65. The number of aromatic nitrogens is 2. The van der Waals surface area contributed by atoms with Gasteiger partial charge in [-0.25, -0.2) is 14.4 Å². The highest BCUT2D eigenvalue weighted by Crippen LogP contribution is 2.36. The molecule has 6 nitrogen and oxygen atoms in total. The number of anilines is 1. The van der Waals surface area contributed by atoms with Crippen LogP contribution in [0.25, 0.3) is 11.1 Å². The summed E-state index contributed by atoms with van der Waals surface area (Å²) in [5, 5.41) is 2.93. The smallest absolute Gasteiger partial charge is 0.227 e. The summed E-state index contributed by atoms with van der Waals surface area (Å²) >= 11 is 0. The van der Waals surface area contributed by atoms with Gasteiger partial charge in [-0.3, -0.25) is 9.69 Å². The summed E-state index contributed by atoms with van der Waals surface area (Å²) in [7, 11) is 0. The molecule has 4 rings (SSSR count). The average Bonchev–Trinajstić information content (AvgIpc) is 3.20. The molecule has 2 fully saturated rings. The number of benzene rings is 1. The van der Waals surface area contributed by atoms with Gasteiger partial charge < -0.3 is 10.1 Å². The molecule has 160 valence electrons. The van der Waals surface area contributed by atoms with Crippen molar-refractivity contribution in [2.45, 2.75) is 45.7 Å². The summed E-state index contributed by atoms with van der Waals surface area (Å²) < 4.78 is 19.3. The van der Waals surface area contributed by atoms with Crippen molar-refractivity contribution in [1.29, 1.82) is 0 Å². The molecule has 30 heavy (non-hydrogen) atoms. The minimum atomic E-state index is -0.852. The van der Waals surface area contributed by atoms with Gasteiger partial charge >= 0.3 is 0 Å². The highest BCUT2D eigenvalue weighted by Gasteiger charge is 2.34. The molecule has 7 heteroatoms.